The topological polar surface area (TPSA) is 46.9 Å². The van der Waals surface area contributed by atoms with Crippen molar-refractivity contribution in [1.82, 2.24) is 9.78 Å². The number of alkyl halides is 3. The summed E-state index contributed by atoms with van der Waals surface area (Å²) >= 11 is 1.90. The summed E-state index contributed by atoms with van der Waals surface area (Å²) in [5.41, 5.74) is 1.85. The molecule has 2 rings (SSSR count). The normalized spacial score (nSPS) is 11.9. The van der Waals surface area contributed by atoms with Gasteiger partial charge in [-0.1, -0.05) is 13.8 Å². The first-order chi connectivity index (χ1) is 12.0. The number of hydrogen-bond acceptors (Lipinski definition) is 2. The highest BCUT2D eigenvalue weighted by Gasteiger charge is 2.31. The Bertz CT molecular complexity index is 813. The first-order valence-corrected chi connectivity index (χ1v) is 9.26. The fraction of sp³-hybridized carbons (Fsp3) is 0.444. The standard InChI is InChI=1S/C18H21F3IN3O/c1-10(2)9-25-12(4)14(11(3)24-25)8-17(26)23-16-7-13(18(19,20)21)5-6-15(16)22/h5-7,10H,8-9H2,1-4H3,(H,23,26). The van der Waals surface area contributed by atoms with Crippen LogP contribution in [-0.4, -0.2) is 15.7 Å². The molecule has 0 bridgehead atoms. The molecular formula is C18H21F3IN3O. The SMILES string of the molecule is Cc1nn(CC(C)C)c(C)c1CC(=O)Nc1cc(C(F)(F)F)ccc1I. The molecule has 0 radical (unpaired) electrons. The number of nitrogens with one attached hydrogen (secondary N) is 1. The molecule has 0 aliphatic carbocycles. The number of halogens is 4. The molecule has 0 spiro atoms. The van der Waals surface area contributed by atoms with Gasteiger partial charge in [0, 0.05) is 21.4 Å². The lowest BCUT2D eigenvalue weighted by molar-refractivity contribution is -0.137. The number of carbonyl (C=O) groups excluding carboxylic acids is 1. The van der Waals surface area contributed by atoms with Crippen LogP contribution in [0.5, 0.6) is 0 Å². The number of hydrogen-bond donors (Lipinski definition) is 1. The Morgan fingerprint density at radius 3 is 2.54 bits per heavy atom. The zero-order valence-corrected chi connectivity index (χ0v) is 17.2. The average Bonchev–Trinajstić information content (AvgIpc) is 2.75. The summed E-state index contributed by atoms with van der Waals surface area (Å²) in [5.74, 6) is 0.0545. The van der Waals surface area contributed by atoms with Crippen molar-refractivity contribution in [3.05, 3.63) is 44.3 Å². The summed E-state index contributed by atoms with van der Waals surface area (Å²) in [4.78, 5) is 12.4. The summed E-state index contributed by atoms with van der Waals surface area (Å²) in [5, 5.41) is 7.05. The number of aromatic nitrogens is 2. The molecule has 0 atom stereocenters. The molecule has 1 aromatic heterocycles. The van der Waals surface area contributed by atoms with Crippen LogP contribution in [0.2, 0.25) is 0 Å². The highest BCUT2D eigenvalue weighted by atomic mass is 127. The van der Waals surface area contributed by atoms with E-state index in [1.807, 2.05) is 41.1 Å². The van der Waals surface area contributed by atoms with Gasteiger partial charge in [0.25, 0.3) is 0 Å². The number of benzene rings is 1. The number of nitrogens with zero attached hydrogens (tertiary/aromatic N) is 2. The van der Waals surface area contributed by atoms with Crippen molar-refractivity contribution in [3.63, 3.8) is 0 Å². The van der Waals surface area contributed by atoms with Crippen molar-refractivity contribution in [1.29, 1.82) is 0 Å². The van der Waals surface area contributed by atoms with E-state index in [4.69, 9.17) is 0 Å². The van der Waals surface area contributed by atoms with Gasteiger partial charge in [0.2, 0.25) is 5.91 Å². The summed E-state index contributed by atoms with van der Waals surface area (Å²) in [6.07, 6.45) is -4.38. The minimum absolute atomic E-state index is 0.0715. The second kappa shape index (κ2) is 7.98. The predicted octanol–water partition coefficient (Wildman–Crippen LogP) is 4.96. The molecule has 8 heteroatoms. The first kappa shape index (κ1) is 20.7. The van der Waals surface area contributed by atoms with E-state index < -0.39 is 11.7 Å². The molecule has 26 heavy (non-hydrogen) atoms. The molecule has 0 aliphatic rings. The van der Waals surface area contributed by atoms with Gasteiger partial charge in [-0.2, -0.15) is 18.3 Å². The molecule has 2 aromatic rings. The first-order valence-electron chi connectivity index (χ1n) is 8.18. The highest BCUT2D eigenvalue weighted by Crippen LogP contribution is 2.32. The molecule has 1 amide bonds. The lowest BCUT2D eigenvalue weighted by Gasteiger charge is -2.12. The van der Waals surface area contributed by atoms with E-state index in [1.54, 1.807) is 0 Å². The maximum absolute atomic E-state index is 12.9. The minimum Gasteiger partial charge on any atom is -0.325 e. The molecule has 4 nitrogen and oxygen atoms in total. The van der Waals surface area contributed by atoms with Gasteiger partial charge in [-0.25, -0.2) is 0 Å². The minimum atomic E-state index is -4.45. The third-order valence-corrected chi connectivity index (χ3v) is 4.92. The molecule has 1 heterocycles. The van der Waals surface area contributed by atoms with Gasteiger partial charge in [0.1, 0.15) is 0 Å². The Morgan fingerprint density at radius 2 is 1.96 bits per heavy atom. The van der Waals surface area contributed by atoms with Crippen molar-refractivity contribution in [2.24, 2.45) is 5.92 Å². The summed E-state index contributed by atoms with van der Waals surface area (Å²) in [6, 6.07) is 3.30. The van der Waals surface area contributed by atoms with Gasteiger partial charge in [-0.3, -0.25) is 9.48 Å². The molecule has 142 valence electrons. The zero-order chi connectivity index (χ0) is 19.6. The molecule has 1 aromatic carbocycles. The van der Waals surface area contributed by atoms with Gasteiger partial charge >= 0.3 is 6.18 Å². The largest absolute Gasteiger partial charge is 0.416 e. The molecule has 1 N–H and O–H groups in total. The van der Waals surface area contributed by atoms with E-state index in [0.717, 1.165) is 35.6 Å². The van der Waals surface area contributed by atoms with Crippen molar-refractivity contribution in [2.75, 3.05) is 5.32 Å². The van der Waals surface area contributed by atoms with Crippen molar-refractivity contribution in [2.45, 2.75) is 46.8 Å². The smallest absolute Gasteiger partial charge is 0.325 e. The Kier molecular flexibility index (Phi) is 6.36. The lowest BCUT2D eigenvalue weighted by atomic mass is 10.1. The van der Waals surface area contributed by atoms with Gasteiger partial charge in [0.05, 0.1) is 23.4 Å². The van der Waals surface area contributed by atoms with Gasteiger partial charge in [-0.05, 0) is 60.6 Å². The summed E-state index contributed by atoms with van der Waals surface area (Å²) < 4.78 is 41.0. The van der Waals surface area contributed by atoms with Crippen molar-refractivity contribution >= 4 is 34.2 Å². The third kappa shape index (κ3) is 4.99. The fourth-order valence-corrected chi connectivity index (χ4v) is 3.14. The lowest BCUT2D eigenvalue weighted by Crippen LogP contribution is -2.17. The fourth-order valence-electron chi connectivity index (χ4n) is 2.67. The van der Waals surface area contributed by atoms with Crippen LogP contribution in [0.1, 0.15) is 36.4 Å². The number of aryl methyl sites for hydroxylation is 1. The summed E-state index contributed by atoms with van der Waals surface area (Å²) in [6.45, 7) is 8.65. The summed E-state index contributed by atoms with van der Waals surface area (Å²) in [7, 11) is 0. The van der Waals surface area contributed by atoms with Crippen molar-refractivity contribution < 1.29 is 18.0 Å². The number of rotatable bonds is 5. The van der Waals surface area contributed by atoms with Crippen molar-refractivity contribution in [3.8, 4) is 0 Å². The van der Waals surface area contributed by atoms with Gasteiger partial charge in [0.15, 0.2) is 0 Å². The number of anilines is 1. The molecule has 0 fully saturated rings. The maximum atomic E-state index is 12.9. The van der Waals surface area contributed by atoms with Crippen LogP contribution < -0.4 is 5.32 Å². The Hall–Kier alpha value is -1.58. The Labute approximate surface area is 164 Å². The van der Waals surface area contributed by atoms with Crippen LogP contribution in [0.4, 0.5) is 18.9 Å². The quantitative estimate of drug-likeness (QED) is 0.617. The highest BCUT2D eigenvalue weighted by molar-refractivity contribution is 14.1. The van der Waals surface area contributed by atoms with Crippen LogP contribution in [0.15, 0.2) is 18.2 Å². The van der Waals surface area contributed by atoms with E-state index in [0.29, 0.717) is 9.49 Å². The van der Waals surface area contributed by atoms with Crippen LogP contribution >= 0.6 is 22.6 Å². The van der Waals surface area contributed by atoms with E-state index >= 15 is 0 Å². The van der Waals surface area contributed by atoms with Crippen LogP contribution in [0.25, 0.3) is 0 Å². The van der Waals surface area contributed by atoms with Crippen LogP contribution in [0, 0.1) is 23.3 Å². The molecule has 0 unspecified atom stereocenters. The third-order valence-electron chi connectivity index (χ3n) is 3.97. The molecule has 0 aliphatic heterocycles. The average molecular weight is 479 g/mol. The van der Waals surface area contributed by atoms with Crippen LogP contribution in [0.3, 0.4) is 0 Å². The maximum Gasteiger partial charge on any atom is 0.416 e. The number of amides is 1. The molecule has 0 saturated carbocycles. The van der Waals surface area contributed by atoms with E-state index in [2.05, 4.69) is 24.3 Å². The van der Waals surface area contributed by atoms with Gasteiger partial charge < -0.3 is 5.32 Å². The molecular weight excluding hydrogens is 458 g/mol. The van der Waals surface area contributed by atoms with Crippen LogP contribution in [-0.2, 0) is 23.9 Å². The number of carbonyl (C=O) groups is 1. The van der Waals surface area contributed by atoms with E-state index in [-0.39, 0.29) is 18.0 Å². The molecule has 0 saturated heterocycles. The Balaban J connectivity index is 2.19. The predicted molar refractivity (Wildman–Crippen MR) is 103 cm³/mol. The van der Waals surface area contributed by atoms with E-state index in [9.17, 15) is 18.0 Å². The zero-order valence-electron chi connectivity index (χ0n) is 15.0. The van der Waals surface area contributed by atoms with E-state index in [1.165, 1.54) is 6.07 Å². The monoisotopic (exact) mass is 479 g/mol. The second-order valence-electron chi connectivity index (χ2n) is 6.64. The second-order valence-corrected chi connectivity index (χ2v) is 7.80. The van der Waals surface area contributed by atoms with Gasteiger partial charge in [-0.15, -0.1) is 0 Å². The Morgan fingerprint density at radius 1 is 1.31 bits per heavy atom.